The van der Waals surface area contributed by atoms with Crippen molar-refractivity contribution in [3.8, 4) is 0 Å². The Morgan fingerprint density at radius 3 is 0.719 bits per heavy atom. The van der Waals surface area contributed by atoms with Crippen LogP contribution in [0.15, 0.2) is 0 Å². The lowest BCUT2D eigenvalue weighted by Gasteiger charge is -2.25. The fraction of sp³-hybridized carbons (Fsp3) is 1.00. The number of unbranched alkanes of at least 4 members (excludes halogenated alkanes) is 20. The van der Waals surface area contributed by atoms with Gasteiger partial charge < -0.3 is 0 Å². The third-order valence-corrected chi connectivity index (χ3v) is 8.07. The molecule has 0 aromatic heterocycles. The molecule has 0 saturated heterocycles. The topological polar surface area (TPSA) is 0 Å². The van der Waals surface area contributed by atoms with Gasteiger partial charge in [-0.3, -0.25) is 0 Å². The van der Waals surface area contributed by atoms with E-state index in [2.05, 4.69) is 27.7 Å². The van der Waals surface area contributed by atoms with Gasteiger partial charge in [-0.1, -0.05) is 195 Å². The molecule has 0 aliphatic heterocycles. The Morgan fingerprint density at radius 1 is 0.281 bits per heavy atom. The summed E-state index contributed by atoms with van der Waals surface area (Å²) in [6, 6.07) is 0. The molecule has 0 aliphatic carbocycles. The molecule has 0 amide bonds. The Morgan fingerprint density at radius 2 is 0.500 bits per heavy atom. The van der Waals surface area contributed by atoms with E-state index in [1.54, 1.807) is 0 Å². The molecule has 32 heavy (non-hydrogen) atoms. The minimum absolute atomic E-state index is 1.00. The van der Waals surface area contributed by atoms with Crippen molar-refractivity contribution < 1.29 is 0 Å². The molecule has 0 saturated carbocycles. The predicted octanol–water partition coefficient (Wildman–Crippen LogP) is 12.4. The van der Waals surface area contributed by atoms with E-state index in [1.165, 1.54) is 167 Å². The second kappa shape index (κ2) is 27.2. The van der Waals surface area contributed by atoms with E-state index in [9.17, 15) is 0 Å². The van der Waals surface area contributed by atoms with Crippen molar-refractivity contribution in [3.63, 3.8) is 0 Å². The first-order valence-electron chi connectivity index (χ1n) is 15.8. The molecule has 0 heteroatoms. The third-order valence-electron chi connectivity index (χ3n) is 8.07. The van der Waals surface area contributed by atoms with Crippen LogP contribution in [0, 0.1) is 11.8 Å². The molecule has 0 aliphatic rings. The average Bonchev–Trinajstić information content (AvgIpc) is 2.81. The fourth-order valence-corrected chi connectivity index (χ4v) is 5.69. The van der Waals surface area contributed by atoms with Crippen molar-refractivity contribution in [1.29, 1.82) is 0 Å². The second-order valence-electron chi connectivity index (χ2n) is 11.0. The Balaban J connectivity index is 3.59. The molecule has 0 nitrogen and oxygen atoms in total. The van der Waals surface area contributed by atoms with Crippen LogP contribution in [-0.4, -0.2) is 0 Å². The van der Waals surface area contributed by atoms with Crippen LogP contribution in [0.1, 0.15) is 195 Å². The summed E-state index contributed by atoms with van der Waals surface area (Å²) in [5.74, 6) is 2.00. The number of rotatable bonds is 27. The van der Waals surface area contributed by atoms with E-state index in [1.807, 2.05) is 0 Å². The van der Waals surface area contributed by atoms with E-state index in [0.717, 1.165) is 11.8 Å². The largest absolute Gasteiger partial charge is 0.0654 e. The van der Waals surface area contributed by atoms with Gasteiger partial charge in [0.25, 0.3) is 0 Å². The summed E-state index contributed by atoms with van der Waals surface area (Å²) in [5.41, 5.74) is 0. The first kappa shape index (κ1) is 32.0. The average molecular weight is 451 g/mol. The van der Waals surface area contributed by atoms with Gasteiger partial charge in [0.15, 0.2) is 0 Å². The van der Waals surface area contributed by atoms with Crippen LogP contribution in [-0.2, 0) is 0 Å². The van der Waals surface area contributed by atoms with Crippen LogP contribution in [0.5, 0.6) is 0 Å². The standard InChI is InChI=1S/C32H66/c1-5-9-11-13-15-17-19-21-23-25-27-29-31(7-3)32(8-4)30-28-26-24-22-20-18-16-14-12-10-6-2/h31-32H,5-30H2,1-4H3. The Labute approximate surface area is 206 Å². The van der Waals surface area contributed by atoms with Gasteiger partial charge in [-0.05, 0) is 11.8 Å². The highest BCUT2D eigenvalue weighted by molar-refractivity contribution is 4.69. The first-order valence-corrected chi connectivity index (χ1v) is 15.8. The number of hydrogen-bond acceptors (Lipinski definition) is 0. The lowest BCUT2D eigenvalue weighted by atomic mass is 9.81. The quantitative estimate of drug-likeness (QED) is 0.109. The van der Waals surface area contributed by atoms with Crippen LogP contribution in [0.3, 0.4) is 0 Å². The summed E-state index contributed by atoms with van der Waals surface area (Å²) >= 11 is 0. The van der Waals surface area contributed by atoms with Gasteiger partial charge >= 0.3 is 0 Å². The highest BCUT2D eigenvalue weighted by atomic mass is 14.2. The molecule has 0 aromatic rings. The smallest absolute Gasteiger partial charge is 0.0389 e. The minimum atomic E-state index is 1.00. The van der Waals surface area contributed by atoms with Gasteiger partial charge in [-0.15, -0.1) is 0 Å². The van der Waals surface area contributed by atoms with Crippen LogP contribution < -0.4 is 0 Å². The molecule has 194 valence electrons. The molecule has 0 bridgehead atoms. The van der Waals surface area contributed by atoms with E-state index in [4.69, 9.17) is 0 Å². The van der Waals surface area contributed by atoms with Crippen molar-refractivity contribution >= 4 is 0 Å². The zero-order valence-electron chi connectivity index (χ0n) is 23.5. The first-order chi connectivity index (χ1) is 15.8. The van der Waals surface area contributed by atoms with Crippen molar-refractivity contribution in [2.24, 2.45) is 11.8 Å². The molecule has 0 spiro atoms. The molecule has 0 aromatic carbocycles. The monoisotopic (exact) mass is 451 g/mol. The normalized spacial score (nSPS) is 13.5. The maximum absolute atomic E-state index is 2.45. The summed E-state index contributed by atoms with van der Waals surface area (Å²) in [7, 11) is 0. The van der Waals surface area contributed by atoms with E-state index in [0.29, 0.717) is 0 Å². The van der Waals surface area contributed by atoms with Crippen molar-refractivity contribution in [2.45, 2.75) is 195 Å². The zero-order valence-corrected chi connectivity index (χ0v) is 23.5. The predicted molar refractivity (Wildman–Crippen MR) is 150 cm³/mol. The molecule has 2 atom stereocenters. The molecule has 0 N–H and O–H groups in total. The van der Waals surface area contributed by atoms with Gasteiger partial charge in [0.05, 0.1) is 0 Å². The molecular formula is C32H66. The van der Waals surface area contributed by atoms with Crippen molar-refractivity contribution in [3.05, 3.63) is 0 Å². The molecule has 0 radical (unpaired) electrons. The van der Waals surface area contributed by atoms with Gasteiger partial charge in [0.1, 0.15) is 0 Å². The SMILES string of the molecule is CCCCCCCCCCCCCC(CC)C(CC)CCCCCCCCCCCCC. The summed E-state index contributed by atoms with van der Waals surface area (Å²) in [4.78, 5) is 0. The molecule has 0 heterocycles. The summed E-state index contributed by atoms with van der Waals surface area (Å²) in [5, 5.41) is 0. The summed E-state index contributed by atoms with van der Waals surface area (Å²) in [6.07, 6.45) is 38.1. The molecule has 2 unspecified atom stereocenters. The summed E-state index contributed by atoms with van der Waals surface area (Å²) in [6.45, 7) is 9.52. The molecular weight excluding hydrogens is 384 g/mol. The maximum Gasteiger partial charge on any atom is -0.0389 e. The Kier molecular flexibility index (Phi) is 27.2. The Bertz CT molecular complexity index is 288. The lowest BCUT2D eigenvalue weighted by molar-refractivity contribution is 0.263. The molecule has 0 fully saturated rings. The van der Waals surface area contributed by atoms with Crippen LogP contribution >= 0.6 is 0 Å². The van der Waals surface area contributed by atoms with Crippen LogP contribution in [0.2, 0.25) is 0 Å². The van der Waals surface area contributed by atoms with Crippen LogP contribution in [0.25, 0.3) is 0 Å². The van der Waals surface area contributed by atoms with Gasteiger partial charge in [-0.25, -0.2) is 0 Å². The van der Waals surface area contributed by atoms with Gasteiger partial charge in [-0.2, -0.15) is 0 Å². The second-order valence-corrected chi connectivity index (χ2v) is 11.0. The highest BCUT2D eigenvalue weighted by Crippen LogP contribution is 2.30. The van der Waals surface area contributed by atoms with E-state index in [-0.39, 0.29) is 0 Å². The van der Waals surface area contributed by atoms with E-state index < -0.39 is 0 Å². The highest BCUT2D eigenvalue weighted by Gasteiger charge is 2.17. The van der Waals surface area contributed by atoms with Crippen molar-refractivity contribution in [2.75, 3.05) is 0 Å². The van der Waals surface area contributed by atoms with Crippen LogP contribution in [0.4, 0.5) is 0 Å². The third kappa shape index (κ3) is 21.8. The Hall–Kier alpha value is 0. The van der Waals surface area contributed by atoms with Gasteiger partial charge in [0, 0.05) is 0 Å². The minimum Gasteiger partial charge on any atom is -0.0654 e. The summed E-state index contributed by atoms with van der Waals surface area (Å²) < 4.78 is 0. The fourth-order valence-electron chi connectivity index (χ4n) is 5.69. The van der Waals surface area contributed by atoms with Crippen molar-refractivity contribution in [1.82, 2.24) is 0 Å². The lowest BCUT2D eigenvalue weighted by Crippen LogP contribution is -2.13. The zero-order chi connectivity index (χ0) is 23.5. The maximum atomic E-state index is 2.45. The molecule has 0 rings (SSSR count). The van der Waals surface area contributed by atoms with Gasteiger partial charge in [0.2, 0.25) is 0 Å². The number of hydrogen-bond donors (Lipinski definition) is 0. The van der Waals surface area contributed by atoms with E-state index >= 15 is 0 Å².